The molecule has 5 nitrogen and oxygen atoms in total. The Balaban J connectivity index is 0.00000256. The molecule has 2 heterocycles. The fourth-order valence-corrected chi connectivity index (χ4v) is 4.18. The maximum Gasteiger partial charge on any atom is 0.269 e. The molecule has 6 heteroatoms. The molecule has 0 saturated carbocycles. The normalized spacial score (nSPS) is 12.4. The molecular weight excluding hydrogens is 398 g/mol. The molecule has 158 valence electrons. The van der Waals surface area contributed by atoms with Crippen molar-refractivity contribution < 1.29 is 26.5 Å². The number of fused-ring (bicyclic) bond motifs is 1. The first-order valence-electron chi connectivity index (χ1n) is 10.2. The molecule has 0 saturated heterocycles. The minimum atomic E-state index is 0. The molecule has 4 rings (SSSR count). The second kappa shape index (κ2) is 9.35. The average molecular weight is 426 g/mol. The number of hydrogen-bond acceptors (Lipinski definition) is 2. The van der Waals surface area contributed by atoms with Crippen LogP contribution in [0, 0.1) is 0 Å². The van der Waals surface area contributed by atoms with Gasteiger partial charge in [0, 0.05) is 17.3 Å². The van der Waals surface area contributed by atoms with Crippen LogP contribution in [0.15, 0.2) is 60.8 Å². The van der Waals surface area contributed by atoms with Crippen LogP contribution >= 0.6 is 0 Å². The molecule has 0 spiro atoms. The van der Waals surface area contributed by atoms with E-state index in [9.17, 15) is 4.79 Å². The maximum absolute atomic E-state index is 13.3. The molecule has 2 aromatic carbocycles. The van der Waals surface area contributed by atoms with Gasteiger partial charge >= 0.3 is 0 Å². The van der Waals surface area contributed by atoms with Crippen LogP contribution in [-0.4, -0.2) is 23.6 Å². The Morgan fingerprint density at radius 3 is 2.47 bits per heavy atom. The zero-order valence-corrected chi connectivity index (χ0v) is 18.5. The molecule has 0 fully saturated rings. The summed E-state index contributed by atoms with van der Waals surface area (Å²) in [4.78, 5) is 15.2. The van der Waals surface area contributed by atoms with Gasteiger partial charge in [-0.3, -0.25) is 4.79 Å². The fraction of sp³-hybridized carbons (Fsp3) is 0.333. The van der Waals surface area contributed by atoms with E-state index in [1.54, 1.807) is 7.11 Å². The smallest absolute Gasteiger partial charge is 0.269 e. The first kappa shape index (κ1) is 21.9. The van der Waals surface area contributed by atoms with E-state index < -0.39 is 0 Å². The number of hydrogen-bond donors (Lipinski definition) is 0. The van der Waals surface area contributed by atoms with Gasteiger partial charge in [0.05, 0.1) is 20.1 Å². The van der Waals surface area contributed by atoms with Gasteiger partial charge in [0.15, 0.2) is 12.2 Å². The van der Waals surface area contributed by atoms with E-state index in [0.29, 0.717) is 6.54 Å². The first-order valence-corrected chi connectivity index (χ1v) is 10.2. The molecule has 0 radical (unpaired) electrons. The van der Waals surface area contributed by atoms with E-state index in [2.05, 4.69) is 41.3 Å². The standard InChI is InChI=1S/C24H28N3O2.ClH/c1-18(2)27(20-8-5-4-6-9-20)24(28)17-25-16-22(26-15-7-10-23(25)26)19-11-13-21(29-3)14-12-19;/h4-6,8-9,11-14,16,18H,7,10,15,17H2,1-3H3;1H/q+1;/p-1. The molecule has 0 N–H and O–H groups in total. The predicted octanol–water partition coefficient (Wildman–Crippen LogP) is 0.843. The zero-order chi connectivity index (χ0) is 20.4. The lowest BCUT2D eigenvalue weighted by molar-refractivity contribution is -0.690. The number of anilines is 1. The van der Waals surface area contributed by atoms with Gasteiger partial charge < -0.3 is 22.0 Å². The molecule has 3 aromatic rings. The number of halogens is 1. The lowest BCUT2D eigenvalue weighted by Crippen LogP contribution is -3.00. The van der Waals surface area contributed by atoms with E-state index in [1.165, 1.54) is 5.82 Å². The van der Waals surface area contributed by atoms with Crippen molar-refractivity contribution in [1.29, 1.82) is 0 Å². The van der Waals surface area contributed by atoms with Crippen LogP contribution < -0.4 is 26.6 Å². The van der Waals surface area contributed by atoms with Gasteiger partial charge in [-0.25, -0.2) is 9.13 Å². The first-order chi connectivity index (χ1) is 14.1. The topological polar surface area (TPSA) is 38.4 Å². The number of imidazole rings is 1. The largest absolute Gasteiger partial charge is 1.00 e. The van der Waals surface area contributed by atoms with E-state index >= 15 is 0 Å². The van der Waals surface area contributed by atoms with Crippen LogP contribution in [0.4, 0.5) is 5.69 Å². The van der Waals surface area contributed by atoms with Crippen LogP contribution in [0.25, 0.3) is 11.3 Å². The third-order valence-corrected chi connectivity index (χ3v) is 5.50. The van der Waals surface area contributed by atoms with E-state index in [4.69, 9.17) is 4.74 Å². The molecule has 1 aromatic heterocycles. The minimum Gasteiger partial charge on any atom is -1.00 e. The molecule has 0 unspecified atom stereocenters. The van der Waals surface area contributed by atoms with Crippen molar-refractivity contribution in [2.45, 2.75) is 45.8 Å². The Morgan fingerprint density at radius 1 is 1.13 bits per heavy atom. The predicted molar refractivity (Wildman–Crippen MR) is 114 cm³/mol. The maximum atomic E-state index is 13.3. The number of amides is 1. The number of methoxy groups -OCH3 is 1. The number of nitrogens with zero attached hydrogens (tertiary/aromatic N) is 3. The number of ether oxygens (including phenoxy) is 1. The molecule has 30 heavy (non-hydrogen) atoms. The van der Waals surface area contributed by atoms with Crippen LogP contribution in [0.2, 0.25) is 0 Å². The molecular formula is C24H28ClN3O2. The number of carbonyl (C=O) groups excluding carboxylic acids is 1. The Kier molecular flexibility index (Phi) is 6.83. The Morgan fingerprint density at radius 2 is 1.83 bits per heavy atom. The van der Waals surface area contributed by atoms with Gasteiger partial charge in [0.2, 0.25) is 0 Å². The van der Waals surface area contributed by atoms with Crippen LogP contribution in [0.1, 0.15) is 26.1 Å². The van der Waals surface area contributed by atoms with E-state index in [0.717, 1.165) is 42.1 Å². The van der Waals surface area contributed by atoms with Crippen molar-refractivity contribution in [2.75, 3.05) is 12.0 Å². The van der Waals surface area contributed by atoms with Crippen molar-refractivity contribution in [3.63, 3.8) is 0 Å². The number of benzene rings is 2. The monoisotopic (exact) mass is 425 g/mol. The Hall–Kier alpha value is -2.79. The summed E-state index contributed by atoms with van der Waals surface area (Å²) in [5.74, 6) is 2.18. The minimum absolute atomic E-state index is 0. The second-order valence-corrected chi connectivity index (χ2v) is 7.74. The van der Waals surface area contributed by atoms with Gasteiger partial charge in [-0.05, 0) is 56.7 Å². The number of rotatable bonds is 6. The third-order valence-electron chi connectivity index (χ3n) is 5.50. The van der Waals surface area contributed by atoms with E-state index in [1.807, 2.05) is 47.4 Å². The Labute approximate surface area is 184 Å². The van der Waals surface area contributed by atoms with Crippen LogP contribution in [0.5, 0.6) is 5.75 Å². The van der Waals surface area contributed by atoms with E-state index in [-0.39, 0.29) is 24.4 Å². The van der Waals surface area contributed by atoms with Crippen molar-refractivity contribution in [1.82, 2.24) is 4.57 Å². The summed E-state index contributed by atoms with van der Waals surface area (Å²) in [7, 11) is 1.68. The number of para-hydroxylation sites is 1. The quantitative estimate of drug-likeness (QED) is 0.549. The number of carbonyl (C=O) groups is 1. The van der Waals surface area contributed by atoms with Gasteiger partial charge in [-0.1, -0.05) is 18.2 Å². The third kappa shape index (κ3) is 4.21. The lowest BCUT2D eigenvalue weighted by atomic mass is 10.1. The summed E-state index contributed by atoms with van der Waals surface area (Å²) >= 11 is 0. The SMILES string of the molecule is COc1ccc(-c2c[n+](CC(=O)N(c3ccccc3)C(C)C)c3n2CCC3)cc1.[Cl-]. The van der Waals surface area contributed by atoms with Crippen molar-refractivity contribution in [3.8, 4) is 17.0 Å². The lowest BCUT2D eigenvalue weighted by Gasteiger charge is -2.26. The highest BCUT2D eigenvalue weighted by Gasteiger charge is 2.31. The zero-order valence-electron chi connectivity index (χ0n) is 17.7. The molecule has 1 amide bonds. The summed E-state index contributed by atoms with van der Waals surface area (Å²) < 4.78 is 9.76. The molecule has 0 atom stereocenters. The summed E-state index contributed by atoms with van der Waals surface area (Å²) in [6.45, 7) is 5.45. The highest BCUT2D eigenvalue weighted by atomic mass is 35.5. The van der Waals surface area contributed by atoms with Crippen molar-refractivity contribution in [2.24, 2.45) is 0 Å². The highest BCUT2D eigenvalue weighted by molar-refractivity contribution is 5.92. The van der Waals surface area contributed by atoms with Gasteiger partial charge in [-0.15, -0.1) is 0 Å². The molecule has 0 aliphatic carbocycles. The summed E-state index contributed by atoms with van der Waals surface area (Å²) in [5, 5.41) is 0. The highest BCUT2D eigenvalue weighted by Crippen LogP contribution is 2.26. The van der Waals surface area contributed by atoms with Gasteiger partial charge in [0.25, 0.3) is 11.7 Å². The fourth-order valence-electron chi connectivity index (χ4n) is 4.18. The van der Waals surface area contributed by atoms with Crippen LogP contribution in [0.3, 0.4) is 0 Å². The van der Waals surface area contributed by atoms with Crippen LogP contribution in [-0.2, 0) is 24.3 Å². The molecule has 0 bridgehead atoms. The number of aromatic nitrogens is 2. The van der Waals surface area contributed by atoms with Crippen molar-refractivity contribution >= 4 is 11.6 Å². The summed E-state index contributed by atoms with van der Waals surface area (Å²) in [6, 6.07) is 18.1. The summed E-state index contributed by atoms with van der Waals surface area (Å²) in [5.41, 5.74) is 3.24. The second-order valence-electron chi connectivity index (χ2n) is 7.74. The average Bonchev–Trinajstić information content (AvgIpc) is 3.33. The van der Waals surface area contributed by atoms with Gasteiger partial charge in [0.1, 0.15) is 11.9 Å². The Bertz CT molecular complexity index is 997. The molecule has 1 aliphatic heterocycles. The van der Waals surface area contributed by atoms with Gasteiger partial charge in [-0.2, -0.15) is 0 Å². The van der Waals surface area contributed by atoms with Crippen molar-refractivity contribution in [3.05, 3.63) is 66.6 Å². The molecule has 1 aliphatic rings. The summed E-state index contributed by atoms with van der Waals surface area (Å²) in [6.07, 6.45) is 4.23.